The fraction of sp³-hybridized carbons (Fsp3) is 0.621. The van der Waals surface area contributed by atoms with E-state index in [1.807, 2.05) is 6.20 Å². The molecule has 0 aliphatic heterocycles. The SMILES string of the molecule is CCCCCCCCCCCCCCCCCCc1cccnc1-c1ccccc1. The molecule has 1 heterocycles. The van der Waals surface area contributed by atoms with Crippen LogP contribution in [0.1, 0.15) is 115 Å². The molecule has 0 bridgehead atoms. The minimum atomic E-state index is 1.15. The average Bonchev–Trinajstić information content (AvgIpc) is 2.79. The van der Waals surface area contributed by atoms with Gasteiger partial charge in [0.25, 0.3) is 0 Å². The summed E-state index contributed by atoms with van der Waals surface area (Å²) in [5.74, 6) is 0. The molecule has 0 saturated carbocycles. The van der Waals surface area contributed by atoms with Gasteiger partial charge in [0.15, 0.2) is 0 Å². The van der Waals surface area contributed by atoms with Gasteiger partial charge in [0, 0.05) is 11.8 Å². The van der Waals surface area contributed by atoms with Gasteiger partial charge < -0.3 is 0 Å². The Kier molecular flexibility index (Phi) is 14.0. The Morgan fingerprint density at radius 1 is 0.533 bits per heavy atom. The molecule has 0 aliphatic carbocycles. The van der Waals surface area contributed by atoms with Crippen molar-refractivity contribution in [1.29, 1.82) is 0 Å². The quantitative estimate of drug-likeness (QED) is 0.224. The minimum Gasteiger partial charge on any atom is -0.256 e. The molecule has 2 aromatic rings. The van der Waals surface area contributed by atoms with E-state index in [0.717, 1.165) is 6.42 Å². The first-order valence-electron chi connectivity index (χ1n) is 12.9. The lowest BCUT2D eigenvalue weighted by atomic mass is 10.00. The molecule has 30 heavy (non-hydrogen) atoms. The van der Waals surface area contributed by atoms with E-state index in [2.05, 4.69) is 54.4 Å². The largest absolute Gasteiger partial charge is 0.256 e. The molecule has 0 fully saturated rings. The molecule has 1 aromatic heterocycles. The number of pyridine rings is 1. The number of hydrogen-bond donors (Lipinski definition) is 0. The second-order valence-electron chi connectivity index (χ2n) is 8.93. The molecular formula is C29H45N. The Balaban J connectivity index is 1.43. The van der Waals surface area contributed by atoms with Crippen LogP contribution in [0, 0.1) is 0 Å². The van der Waals surface area contributed by atoms with Gasteiger partial charge in [0.05, 0.1) is 5.69 Å². The van der Waals surface area contributed by atoms with E-state index in [0.29, 0.717) is 0 Å². The second-order valence-corrected chi connectivity index (χ2v) is 8.93. The summed E-state index contributed by atoms with van der Waals surface area (Å²) in [4.78, 5) is 4.64. The Morgan fingerprint density at radius 2 is 1.03 bits per heavy atom. The number of aromatic nitrogens is 1. The van der Waals surface area contributed by atoms with Crippen LogP contribution in [0.2, 0.25) is 0 Å². The summed E-state index contributed by atoms with van der Waals surface area (Å²) < 4.78 is 0. The highest BCUT2D eigenvalue weighted by molar-refractivity contribution is 5.62. The lowest BCUT2D eigenvalue weighted by Crippen LogP contribution is -1.93. The Bertz CT molecular complexity index is 634. The van der Waals surface area contributed by atoms with Crippen molar-refractivity contribution >= 4 is 0 Å². The molecule has 0 radical (unpaired) electrons. The van der Waals surface area contributed by atoms with Crippen LogP contribution < -0.4 is 0 Å². The summed E-state index contributed by atoms with van der Waals surface area (Å²) in [7, 11) is 0. The zero-order valence-corrected chi connectivity index (χ0v) is 19.6. The van der Waals surface area contributed by atoms with Crippen LogP contribution in [0.15, 0.2) is 48.7 Å². The molecule has 2 rings (SSSR count). The Morgan fingerprint density at radius 3 is 1.57 bits per heavy atom. The third-order valence-electron chi connectivity index (χ3n) is 6.24. The summed E-state index contributed by atoms with van der Waals surface area (Å²) in [5.41, 5.74) is 3.80. The van der Waals surface area contributed by atoms with Gasteiger partial charge in [0.1, 0.15) is 0 Å². The van der Waals surface area contributed by atoms with Gasteiger partial charge in [-0.05, 0) is 24.5 Å². The Labute approximate surface area is 186 Å². The first-order chi connectivity index (χ1) is 14.9. The van der Waals surface area contributed by atoms with Crippen molar-refractivity contribution in [3.63, 3.8) is 0 Å². The standard InChI is InChI=1S/C29H45N/c1-2-3-4-5-6-7-8-9-10-11-12-13-14-15-16-18-22-28-25-21-26-30-29(28)27-23-19-17-20-24-27/h17,19-21,23-26H,2-16,18,22H2,1H3. The predicted molar refractivity (Wildman–Crippen MR) is 133 cm³/mol. The zero-order valence-electron chi connectivity index (χ0n) is 19.6. The predicted octanol–water partition coefficient (Wildman–Crippen LogP) is 9.55. The van der Waals surface area contributed by atoms with E-state index in [1.165, 1.54) is 120 Å². The number of aryl methyl sites for hydroxylation is 1. The van der Waals surface area contributed by atoms with Crippen LogP contribution in [-0.2, 0) is 6.42 Å². The van der Waals surface area contributed by atoms with E-state index in [9.17, 15) is 0 Å². The topological polar surface area (TPSA) is 12.9 Å². The fourth-order valence-electron chi connectivity index (χ4n) is 4.36. The number of rotatable bonds is 18. The van der Waals surface area contributed by atoms with Crippen LogP contribution in [0.4, 0.5) is 0 Å². The molecule has 0 unspecified atom stereocenters. The molecule has 1 nitrogen and oxygen atoms in total. The second kappa shape index (κ2) is 17.1. The van der Waals surface area contributed by atoms with Crippen molar-refractivity contribution in [2.75, 3.05) is 0 Å². The first kappa shape index (κ1) is 24.6. The molecule has 0 saturated heterocycles. The highest BCUT2D eigenvalue weighted by Gasteiger charge is 2.05. The van der Waals surface area contributed by atoms with E-state index in [4.69, 9.17) is 0 Å². The van der Waals surface area contributed by atoms with Crippen LogP contribution >= 0.6 is 0 Å². The normalized spacial score (nSPS) is 11.1. The van der Waals surface area contributed by atoms with Gasteiger partial charge in [-0.2, -0.15) is 0 Å². The first-order valence-corrected chi connectivity index (χ1v) is 12.9. The molecule has 0 N–H and O–H groups in total. The lowest BCUT2D eigenvalue weighted by Gasteiger charge is -2.08. The van der Waals surface area contributed by atoms with Crippen LogP contribution in [0.25, 0.3) is 11.3 Å². The van der Waals surface area contributed by atoms with Gasteiger partial charge in [-0.25, -0.2) is 0 Å². The maximum absolute atomic E-state index is 4.64. The van der Waals surface area contributed by atoms with Crippen molar-refractivity contribution in [2.45, 2.75) is 116 Å². The van der Waals surface area contributed by atoms with Gasteiger partial charge in [-0.1, -0.05) is 140 Å². The van der Waals surface area contributed by atoms with E-state index in [1.54, 1.807) is 0 Å². The van der Waals surface area contributed by atoms with Crippen LogP contribution in [-0.4, -0.2) is 4.98 Å². The van der Waals surface area contributed by atoms with Crippen LogP contribution in [0.5, 0.6) is 0 Å². The lowest BCUT2D eigenvalue weighted by molar-refractivity contribution is 0.529. The van der Waals surface area contributed by atoms with Crippen molar-refractivity contribution in [3.8, 4) is 11.3 Å². The molecule has 1 aromatic carbocycles. The van der Waals surface area contributed by atoms with Gasteiger partial charge >= 0.3 is 0 Å². The summed E-state index contributed by atoms with van der Waals surface area (Å²) in [6.45, 7) is 2.30. The highest BCUT2D eigenvalue weighted by Crippen LogP contribution is 2.22. The summed E-state index contributed by atoms with van der Waals surface area (Å²) in [6, 6.07) is 14.9. The number of benzene rings is 1. The number of nitrogens with zero attached hydrogens (tertiary/aromatic N) is 1. The fourth-order valence-corrected chi connectivity index (χ4v) is 4.36. The maximum Gasteiger partial charge on any atom is 0.0733 e. The van der Waals surface area contributed by atoms with Gasteiger partial charge in [0.2, 0.25) is 0 Å². The van der Waals surface area contributed by atoms with E-state index >= 15 is 0 Å². The monoisotopic (exact) mass is 407 g/mol. The molecule has 1 heteroatoms. The van der Waals surface area contributed by atoms with E-state index in [-0.39, 0.29) is 0 Å². The summed E-state index contributed by atoms with van der Waals surface area (Å²) in [6.07, 6.45) is 25.8. The maximum atomic E-state index is 4.64. The van der Waals surface area contributed by atoms with Crippen molar-refractivity contribution < 1.29 is 0 Å². The number of hydrogen-bond acceptors (Lipinski definition) is 1. The third kappa shape index (κ3) is 11.0. The molecular weight excluding hydrogens is 362 g/mol. The molecule has 0 atom stereocenters. The average molecular weight is 408 g/mol. The van der Waals surface area contributed by atoms with Gasteiger partial charge in [-0.3, -0.25) is 4.98 Å². The van der Waals surface area contributed by atoms with Crippen molar-refractivity contribution in [3.05, 3.63) is 54.2 Å². The minimum absolute atomic E-state index is 1.15. The molecule has 0 aliphatic rings. The van der Waals surface area contributed by atoms with Crippen molar-refractivity contribution in [2.24, 2.45) is 0 Å². The molecule has 0 amide bonds. The highest BCUT2D eigenvalue weighted by atomic mass is 14.7. The zero-order chi connectivity index (χ0) is 21.1. The smallest absolute Gasteiger partial charge is 0.0733 e. The van der Waals surface area contributed by atoms with Crippen molar-refractivity contribution in [1.82, 2.24) is 4.98 Å². The summed E-state index contributed by atoms with van der Waals surface area (Å²) in [5, 5.41) is 0. The third-order valence-corrected chi connectivity index (χ3v) is 6.24. The molecule has 0 spiro atoms. The van der Waals surface area contributed by atoms with Gasteiger partial charge in [-0.15, -0.1) is 0 Å². The van der Waals surface area contributed by atoms with Crippen LogP contribution in [0.3, 0.4) is 0 Å². The summed E-state index contributed by atoms with van der Waals surface area (Å²) >= 11 is 0. The Hall–Kier alpha value is -1.63. The number of unbranched alkanes of at least 4 members (excludes halogenated alkanes) is 15. The van der Waals surface area contributed by atoms with E-state index < -0.39 is 0 Å². The molecule has 166 valence electrons.